The zero-order chi connectivity index (χ0) is 9.19. The van der Waals surface area contributed by atoms with E-state index in [9.17, 15) is 9.90 Å². The van der Waals surface area contributed by atoms with Crippen LogP contribution in [-0.4, -0.2) is 22.8 Å². The van der Waals surface area contributed by atoms with Crippen LogP contribution in [0, 0.1) is 0 Å². The molecule has 1 aliphatic carbocycles. The highest BCUT2D eigenvalue weighted by atomic mass is 16.5. The molecule has 1 fully saturated rings. The topological polar surface area (TPSA) is 46.5 Å². The first-order chi connectivity index (χ1) is 5.52. The lowest BCUT2D eigenvalue weighted by Gasteiger charge is -2.35. The Labute approximate surface area is 72.7 Å². The summed E-state index contributed by atoms with van der Waals surface area (Å²) in [7, 11) is 0. The van der Waals surface area contributed by atoms with Gasteiger partial charge in [0.15, 0.2) is 0 Å². The molecule has 0 aliphatic heterocycles. The van der Waals surface area contributed by atoms with Crippen molar-refractivity contribution in [1.82, 2.24) is 0 Å². The zero-order valence-electron chi connectivity index (χ0n) is 7.67. The van der Waals surface area contributed by atoms with Gasteiger partial charge in [-0.15, -0.1) is 0 Å². The minimum Gasteiger partial charge on any atom is -0.463 e. The number of esters is 1. The van der Waals surface area contributed by atoms with E-state index in [-0.39, 0.29) is 18.5 Å². The van der Waals surface area contributed by atoms with E-state index >= 15 is 0 Å². The van der Waals surface area contributed by atoms with E-state index in [1.807, 2.05) is 13.8 Å². The second kappa shape index (κ2) is 3.44. The van der Waals surface area contributed by atoms with Crippen LogP contribution in [0.25, 0.3) is 0 Å². The van der Waals surface area contributed by atoms with Crippen molar-refractivity contribution in [3.05, 3.63) is 0 Å². The molecule has 0 aromatic rings. The minimum atomic E-state index is -0.744. The van der Waals surface area contributed by atoms with Crippen molar-refractivity contribution in [3.63, 3.8) is 0 Å². The molecule has 70 valence electrons. The van der Waals surface area contributed by atoms with Crippen molar-refractivity contribution in [2.24, 2.45) is 0 Å². The lowest BCUT2D eigenvalue weighted by molar-refractivity contribution is -0.156. The van der Waals surface area contributed by atoms with Gasteiger partial charge in [-0.25, -0.2) is 0 Å². The number of carbonyl (C=O) groups is 1. The molecule has 0 aromatic carbocycles. The standard InChI is InChI=1S/C9H16O3/c1-7(2)12-8(10)6-9(11)4-3-5-9/h7,11H,3-6H2,1-2H3. The van der Waals surface area contributed by atoms with E-state index in [2.05, 4.69) is 0 Å². The van der Waals surface area contributed by atoms with Crippen LogP contribution in [0.5, 0.6) is 0 Å². The smallest absolute Gasteiger partial charge is 0.308 e. The molecular weight excluding hydrogens is 156 g/mol. The summed E-state index contributed by atoms with van der Waals surface area (Å²) in [6.45, 7) is 3.62. The van der Waals surface area contributed by atoms with Crippen LogP contribution < -0.4 is 0 Å². The summed E-state index contributed by atoms with van der Waals surface area (Å²) < 4.78 is 4.92. The first kappa shape index (κ1) is 9.52. The maximum Gasteiger partial charge on any atom is 0.308 e. The monoisotopic (exact) mass is 172 g/mol. The molecule has 0 bridgehead atoms. The summed E-state index contributed by atoms with van der Waals surface area (Å²) in [6.07, 6.45) is 2.57. The summed E-state index contributed by atoms with van der Waals surface area (Å²) in [5, 5.41) is 9.59. The summed E-state index contributed by atoms with van der Waals surface area (Å²) >= 11 is 0. The molecule has 0 heterocycles. The van der Waals surface area contributed by atoms with Crippen LogP contribution in [0.4, 0.5) is 0 Å². The van der Waals surface area contributed by atoms with Crippen LogP contribution in [-0.2, 0) is 9.53 Å². The third kappa shape index (κ3) is 2.48. The number of carbonyl (C=O) groups excluding carboxylic acids is 1. The molecule has 3 heteroatoms. The molecule has 12 heavy (non-hydrogen) atoms. The second-order valence-corrected chi connectivity index (χ2v) is 3.79. The largest absolute Gasteiger partial charge is 0.463 e. The van der Waals surface area contributed by atoms with Crippen molar-refractivity contribution < 1.29 is 14.6 Å². The highest BCUT2D eigenvalue weighted by Gasteiger charge is 2.37. The lowest BCUT2D eigenvalue weighted by atomic mass is 9.78. The number of hydrogen-bond donors (Lipinski definition) is 1. The molecule has 0 aromatic heterocycles. The normalized spacial score (nSPS) is 20.3. The Kier molecular flexibility index (Phi) is 2.73. The van der Waals surface area contributed by atoms with Crippen molar-refractivity contribution in [3.8, 4) is 0 Å². The molecule has 1 saturated carbocycles. The van der Waals surface area contributed by atoms with Gasteiger partial charge in [-0.05, 0) is 33.1 Å². The number of rotatable bonds is 3. The van der Waals surface area contributed by atoms with Crippen LogP contribution in [0.15, 0.2) is 0 Å². The summed E-state index contributed by atoms with van der Waals surface area (Å²) in [4.78, 5) is 11.1. The van der Waals surface area contributed by atoms with E-state index in [4.69, 9.17) is 4.74 Å². The van der Waals surface area contributed by atoms with Gasteiger partial charge in [0, 0.05) is 0 Å². The van der Waals surface area contributed by atoms with E-state index in [1.165, 1.54) is 0 Å². The van der Waals surface area contributed by atoms with Crippen LogP contribution in [0.2, 0.25) is 0 Å². The van der Waals surface area contributed by atoms with Gasteiger partial charge in [0.2, 0.25) is 0 Å². The molecule has 0 unspecified atom stereocenters. The molecule has 0 radical (unpaired) electrons. The Morgan fingerprint density at radius 1 is 1.58 bits per heavy atom. The van der Waals surface area contributed by atoms with Gasteiger partial charge in [-0.3, -0.25) is 4.79 Å². The van der Waals surface area contributed by atoms with Gasteiger partial charge in [0.1, 0.15) is 0 Å². The minimum absolute atomic E-state index is 0.0822. The SMILES string of the molecule is CC(C)OC(=O)CC1(O)CCC1. The van der Waals surface area contributed by atoms with E-state index in [0.29, 0.717) is 0 Å². The Hall–Kier alpha value is -0.570. The molecule has 1 N–H and O–H groups in total. The molecule has 3 nitrogen and oxygen atoms in total. The second-order valence-electron chi connectivity index (χ2n) is 3.79. The molecule has 1 aliphatic rings. The van der Waals surface area contributed by atoms with E-state index in [1.54, 1.807) is 0 Å². The summed E-state index contributed by atoms with van der Waals surface area (Å²) in [5.41, 5.74) is -0.744. The van der Waals surface area contributed by atoms with Gasteiger partial charge < -0.3 is 9.84 Å². The Balaban J connectivity index is 2.26. The average Bonchev–Trinajstić information content (AvgIpc) is 1.81. The van der Waals surface area contributed by atoms with Gasteiger partial charge in [0.25, 0.3) is 0 Å². The first-order valence-electron chi connectivity index (χ1n) is 4.44. The number of hydrogen-bond acceptors (Lipinski definition) is 3. The molecule has 0 saturated heterocycles. The van der Waals surface area contributed by atoms with Gasteiger partial charge in [0.05, 0.1) is 18.1 Å². The van der Waals surface area contributed by atoms with Crippen molar-refractivity contribution in [2.75, 3.05) is 0 Å². The predicted molar refractivity (Wildman–Crippen MR) is 44.6 cm³/mol. The number of ether oxygens (including phenoxy) is 1. The Morgan fingerprint density at radius 2 is 2.17 bits per heavy atom. The number of aliphatic hydroxyl groups is 1. The zero-order valence-corrected chi connectivity index (χ0v) is 7.67. The fourth-order valence-electron chi connectivity index (χ4n) is 1.33. The molecule has 0 amide bonds. The van der Waals surface area contributed by atoms with Crippen molar-refractivity contribution >= 4 is 5.97 Å². The molecular formula is C9H16O3. The van der Waals surface area contributed by atoms with Crippen molar-refractivity contribution in [1.29, 1.82) is 0 Å². The molecule has 0 spiro atoms. The predicted octanol–water partition coefficient (Wildman–Crippen LogP) is 1.24. The summed E-state index contributed by atoms with van der Waals surface area (Å²) in [5.74, 6) is -0.285. The quantitative estimate of drug-likeness (QED) is 0.651. The highest BCUT2D eigenvalue weighted by molar-refractivity contribution is 5.71. The third-order valence-electron chi connectivity index (χ3n) is 2.12. The van der Waals surface area contributed by atoms with Gasteiger partial charge in [-0.2, -0.15) is 0 Å². The Morgan fingerprint density at radius 3 is 2.50 bits per heavy atom. The molecule has 0 atom stereocenters. The fourth-order valence-corrected chi connectivity index (χ4v) is 1.33. The van der Waals surface area contributed by atoms with Crippen LogP contribution >= 0.6 is 0 Å². The average molecular weight is 172 g/mol. The first-order valence-corrected chi connectivity index (χ1v) is 4.44. The lowest BCUT2D eigenvalue weighted by Crippen LogP contribution is -2.39. The maximum absolute atomic E-state index is 11.1. The Bertz CT molecular complexity index is 171. The highest BCUT2D eigenvalue weighted by Crippen LogP contribution is 2.34. The molecule has 1 rings (SSSR count). The van der Waals surface area contributed by atoms with Crippen LogP contribution in [0.1, 0.15) is 39.5 Å². The van der Waals surface area contributed by atoms with Crippen molar-refractivity contribution in [2.45, 2.75) is 51.2 Å². The van der Waals surface area contributed by atoms with Gasteiger partial charge >= 0.3 is 5.97 Å². The van der Waals surface area contributed by atoms with Gasteiger partial charge in [-0.1, -0.05) is 0 Å². The third-order valence-corrected chi connectivity index (χ3v) is 2.12. The summed E-state index contributed by atoms with van der Waals surface area (Å²) in [6, 6.07) is 0. The fraction of sp³-hybridized carbons (Fsp3) is 0.889. The maximum atomic E-state index is 11.1. The van der Waals surface area contributed by atoms with E-state index < -0.39 is 5.60 Å². The van der Waals surface area contributed by atoms with E-state index in [0.717, 1.165) is 19.3 Å². The van der Waals surface area contributed by atoms with Crippen LogP contribution in [0.3, 0.4) is 0 Å².